The second kappa shape index (κ2) is 7.36. The lowest BCUT2D eigenvalue weighted by atomic mass is 10.1. The highest BCUT2D eigenvalue weighted by Gasteiger charge is 2.14. The normalized spacial score (nSPS) is 11.0. The van der Waals surface area contributed by atoms with Crippen LogP contribution < -0.4 is 5.32 Å². The summed E-state index contributed by atoms with van der Waals surface area (Å²) in [6.07, 6.45) is 0. The molecule has 0 unspecified atom stereocenters. The Bertz CT molecular complexity index is 783. The minimum atomic E-state index is -0.188. The minimum absolute atomic E-state index is 0.0218. The monoisotopic (exact) mass is 331 g/mol. The lowest BCUT2D eigenvalue weighted by Crippen LogP contribution is -2.27. The molecule has 0 saturated carbocycles. The van der Waals surface area contributed by atoms with Gasteiger partial charge in [0.25, 0.3) is 5.91 Å². The van der Waals surface area contributed by atoms with Gasteiger partial charge in [0, 0.05) is 6.54 Å². The van der Waals surface area contributed by atoms with Gasteiger partial charge >= 0.3 is 0 Å². The molecular weight excluding hydrogens is 314 g/mol. The van der Waals surface area contributed by atoms with Crippen molar-refractivity contribution in [3.05, 3.63) is 41.3 Å². The van der Waals surface area contributed by atoms with Crippen LogP contribution in [0, 0.1) is 0 Å². The summed E-state index contributed by atoms with van der Waals surface area (Å²) in [5, 5.41) is 13.4. The fourth-order valence-corrected chi connectivity index (χ4v) is 2.91. The molecule has 3 N–H and O–H groups in total. The van der Waals surface area contributed by atoms with E-state index in [9.17, 15) is 4.79 Å². The van der Waals surface area contributed by atoms with Gasteiger partial charge in [-0.2, -0.15) is 0 Å². The Balaban J connectivity index is 1.76. The van der Waals surface area contributed by atoms with Gasteiger partial charge in [0.2, 0.25) is 0 Å². The summed E-state index contributed by atoms with van der Waals surface area (Å²) < 4.78 is 5.12. The molecule has 0 saturated heterocycles. The fourth-order valence-electron chi connectivity index (χ4n) is 2.24. The van der Waals surface area contributed by atoms with E-state index in [1.165, 1.54) is 0 Å². The number of amides is 1. The average Bonchev–Trinajstić information content (AvgIpc) is 3.22. The van der Waals surface area contributed by atoms with Gasteiger partial charge in [-0.05, 0) is 23.6 Å². The van der Waals surface area contributed by atoms with Crippen LogP contribution >= 0.6 is 11.3 Å². The van der Waals surface area contributed by atoms with Gasteiger partial charge in [0.15, 0.2) is 0 Å². The van der Waals surface area contributed by atoms with E-state index in [0.717, 1.165) is 16.2 Å². The van der Waals surface area contributed by atoms with E-state index in [0.29, 0.717) is 24.2 Å². The number of thiophene rings is 1. The van der Waals surface area contributed by atoms with Crippen LogP contribution in [0.15, 0.2) is 35.7 Å². The number of carbonyl (C=O) groups excluding carboxylic acids is 1. The lowest BCUT2D eigenvalue weighted by molar-refractivity contribution is 0.0839. The van der Waals surface area contributed by atoms with Crippen molar-refractivity contribution in [3.8, 4) is 10.7 Å². The number of aromatic amines is 1. The van der Waals surface area contributed by atoms with Crippen LogP contribution in [0.3, 0.4) is 0 Å². The van der Waals surface area contributed by atoms with Crippen molar-refractivity contribution in [1.82, 2.24) is 15.3 Å². The Hall–Kier alpha value is -2.22. The summed E-state index contributed by atoms with van der Waals surface area (Å²) in [6.45, 7) is 1.00. The van der Waals surface area contributed by atoms with Crippen LogP contribution in [0.1, 0.15) is 10.4 Å². The molecule has 0 atom stereocenters. The van der Waals surface area contributed by atoms with E-state index < -0.39 is 0 Å². The number of nitrogens with one attached hydrogen (secondary N) is 2. The molecule has 7 heteroatoms. The predicted octanol–water partition coefficient (Wildman–Crippen LogP) is 2.03. The van der Waals surface area contributed by atoms with Crippen molar-refractivity contribution < 1.29 is 14.6 Å². The highest BCUT2D eigenvalue weighted by Crippen LogP contribution is 2.26. The van der Waals surface area contributed by atoms with Gasteiger partial charge in [0.1, 0.15) is 11.3 Å². The standard InChI is InChI=1S/C16H17N3O3S/c20-7-9-22-8-6-17-16(21)11-3-1-4-12-14(11)19-15(18-12)13-5-2-10-23-13/h1-5,10,20H,6-9H2,(H,17,21)(H,18,19). The first-order valence-electron chi connectivity index (χ1n) is 7.29. The first-order chi connectivity index (χ1) is 11.3. The molecule has 0 aliphatic carbocycles. The molecule has 0 aliphatic heterocycles. The second-order valence-electron chi connectivity index (χ2n) is 4.86. The summed E-state index contributed by atoms with van der Waals surface area (Å²) in [5.41, 5.74) is 2.02. The van der Waals surface area contributed by atoms with Gasteiger partial charge in [-0.15, -0.1) is 11.3 Å². The van der Waals surface area contributed by atoms with Crippen LogP contribution in [-0.4, -0.2) is 47.3 Å². The Kier molecular flexibility index (Phi) is 5.02. The van der Waals surface area contributed by atoms with Crippen molar-refractivity contribution in [2.24, 2.45) is 0 Å². The number of fused-ring (bicyclic) bond motifs is 1. The molecule has 6 nitrogen and oxygen atoms in total. The highest BCUT2D eigenvalue weighted by molar-refractivity contribution is 7.13. The molecule has 1 aromatic carbocycles. The summed E-state index contributed by atoms with van der Waals surface area (Å²) in [7, 11) is 0. The van der Waals surface area contributed by atoms with E-state index in [1.807, 2.05) is 29.6 Å². The van der Waals surface area contributed by atoms with Crippen LogP contribution in [0.2, 0.25) is 0 Å². The van der Waals surface area contributed by atoms with Gasteiger partial charge < -0.3 is 20.1 Å². The van der Waals surface area contributed by atoms with E-state index in [2.05, 4.69) is 15.3 Å². The molecule has 0 fully saturated rings. The number of benzene rings is 1. The quantitative estimate of drug-likeness (QED) is 0.578. The molecule has 120 valence electrons. The number of H-pyrrole nitrogens is 1. The number of aliphatic hydroxyl groups is 1. The first kappa shape index (κ1) is 15.7. The maximum absolute atomic E-state index is 12.3. The van der Waals surface area contributed by atoms with Crippen LogP contribution in [0.25, 0.3) is 21.7 Å². The van der Waals surface area contributed by atoms with Gasteiger partial charge in [0.05, 0.1) is 35.8 Å². The van der Waals surface area contributed by atoms with E-state index in [4.69, 9.17) is 9.84 Å². The van der Waals surface area contributed by atoms with Gasteiger partial charge in [-0.25, -0.2) is 4.98 Å². The molecule has 0 radical (unpaired) electrons. The molecule has 2 heterocycles. The first-order valence-corrected chi connectivity index (χ1v) is 8.17. The molecule has 3 rings (SSSR count). The van der Waals surface area contributed by atoms with Crippen molar-refractivity contribution in [3.63, 3.8) is 0 Å². The van der Waals surface area contributed by atoms with E-state index >= 15 is 0 Å². The third-order valence-corrected chi connectivity index (χ3v) is 4.16. The SMILES string of the molecule is O=C(NCCOCCO)c1cccc2[nH]c(-c3cccs3)nc12. The number of rotatable bonds is 7. The lowest BCUT2D eigenvalue weighted by Gasteiger charge is -2.06. The third kappa shape index (κ3) is 3.58. The van der Waals surface area contributed by atoms with E-state index in [1.54, 1.807) is 17.4 Å². The Morgan fingerprint density at radius 1 is 1.30 bits per heavy atom. The topological polar surface area (TPSA) is 87.2 Å². The number of carbonyl (C=O) groups is 1. The summed E-state index contributed by atoms with van der Waals surface area (Å²) in [6, 6.07) is 9.44. The minimum Gasteiger partial charge on any atom is -0.394 e. The number of imidazole rings is 1. The number of hydrogen-bond acceptors (Lipinski definition) is 5. The molecule has 0 bridgehead atoms. The predicted molar refractivity (Wildman–Crippen MR) is 89.6 cm³/mol. The smallest absolute Gasteiger partial charge is 0.253 e. The molecule has 0 aliphatic rings. The molecule has 1 amide bonds. The van der Waals surface area contributed by atoms with Crippen LogP contribution in [0.5, 0.6) is 0 Å². The maximum Gasteiger partial charge on any atom is 0.253 e. The van der Waals surface area contributed by atoms with Crippen LogP contribution in [-0.2, 0) is 4.74 Å². The number of nitrogens with zero attached hydrogens (tertiary/aromatic N) is 1. The largest absolute Gasteiger partial charge is 0.394 e. The van der Waals surface area contributed by atoms with Crippen molar-refractivity contribution >= 4 is 28.3 Å². The molecule has 23 heavy (non-hydrogen) atoms. The van der Waals surface area contributed by atoms with Crippen LogP contribution in [0.4, 0.5) is 0 Å². The third-order valence-electron chi connectivity index (χ3n) is 3.28. The average molecular weight is 331 g/mol. The van der Waals surface area contributed by atoms with Crippen molar-refractivity contribution in [2.45, 2.75) is 0 Å². The summed E-state index contributed by atoms with van der Waals surface area (Å²) >= 11 is 1.60. The van der Waals surface area contributed by atoms with E-state index in [-0.39, 0.29) is 19.1 Å². The second-order valence-corrected chi connectivity index (χ2v) is 5.80. The maximum atomic E-state index is 12.3. The zero-order chi connectivity index (χ0) is 16.1. The molecule has 0 spiro atoms. The molecule has 3 aromatic rings. The zero-order valence-electron chi connectivity index (χ0n) is 12.4. The number of hydrogen-bond donors (Lipinski definition) is 3. The van der Waals surface area contributed by atoms with Gasteiger partial charge in [-0.3, -0.25) is 4.79 Å². The number of para-hydroxylation sites is 1. The fraction of sp³-hybridized carbons (Fsp3) is 0.250. The Morgan fingerprint density at radius 3 is 3.00 bits per heavy atom. The summed E-state index contributed by atoms with van der Waals surface area (Å²) in [5.74, 6) is 0.578. The number of aromatic nitrogens is 2. The van der Waals surface area contributed by atoms with Crippen molar-refractivity contribution in [1.29, 1.82) is 0 Å². The molecular formula is C16H17N3O3S. The van der Waals surface area contributed by atoms with Crippen molar-refractivity contribution in [2.75, 3.05) is 26.4 Å². The summed E-state index contributed by atoms with van der Waals surface area (Å²) in [4.78, 5) is 21.2. The zero-order valence-corrected chi connectivity index (χ0v) is 13.2. The molecule has 2 aromatic heterocycles. The van der Waals surface area contributed by atoms with Gasteiger partial charge in [-0.1, -0.05) is 12.1 Å². The number of aliphatic hydroxyl groups excluding tert-OH is 1. The Labute approximate surface area is 137 Å². The number of ether oxygens (including phenoxy) is 1. The Morgan fingerprint density at radius 2 is 2.22 bits per heavy atom. The highest BCUT2D eigenvalue weighted by atomic mass is 32.1.